The molecule has 7 aliphatic rings. The van der Waals surface area contributed by atoms with Crippen LogP contribution >= 0.6 is 11.6 Å². The summed E-state index contributed by atoms with van der Waals surface area (Å²) in [6.07, 6.45) is 34.4. The quantitative estimate of drug-likeness (QED) is 0.0677. The average Bonchev–Trinajstić information content (AvgIpc) is 1.63. The van der Waals surface area contributed by atoms with E-state index in [0.717, 1.165) is 148 Å². The Balaban J connectivity index is 0.000000129. The van der Waals surface area contributed by atoms with Gasteiger partial charge in [-0.1, -0.05) is 151 Å². The average molecular weight is 1580 g/mol. The molecular formula is C92H112ClN15O7. The highest BCUT2D eigenvalue weighted by atomic mass is 35.5. The smallest absolute Gasteiger partial charge is 0.409 e. The molecule has 17 rings (SSSR count). The van der Waals surface area contributed by atoms with Gasteiger partial charge in [0.2, 0.25) is 16.8 Å². The predicted molar refractivity (Wildman–Crippen MR) is 450 cm³/mol. The number of imidazole rings is 5. The second-order valence-corrected chi connectivity index (χ2v) is 30.5. The highest BCUT2D eigenvalue weighted by molar-refractivity contribution is 6.64. The molecule has 0 aliphatic carbocycles. The molecule has 0 saturated carbocycles. The molecule has 2 amide bonds. The second kappa shape index (κ2) is 43.7. The predicted octanol–water partition coefficient (Wildman–Crippen LogP) is 14.8. The van der Waals surface area contributed by atoms with Crippen molar-refractivity contribution in [2.24, 2.45) is 17.8 Å². The number of Topliss-reactive ketones (excluding diaryl/α,β-unsaturated/α-hetero) is 2. The number of nitrogens with one attached hydrogen (secondary N) is 2. The molecule has 2 N–H and O–H groups in total. The highest BCUT2D eigenvalue weighted by Gasteiger charge is 2.33. The van der Waals surface area contributed by atoms with Crippen LogP contribution in [0.1, 0.15) is 150 Å². The van der Waals surface area contributed by atoms with Gasteiger partial charge >= 0.3 is 12.2 Å². The number of amides is 2. The van der Waals surface area contributed by atoms with Gasteiger partial charge in [-0.15, -0.1) is 0 Å². The summed E-state index contributed by atoms with van der Waals surface area (Å²) in [5, 5.41) is 6.45. The SMILES string of the molecule is CCOC(=O)N1CCC(C(=O)Cl)CC1.CCOC(=O)N1CCC(C(=O)c2nccn2CCc2ccccc2)CC1.CN1CCC(=C2c3ccccc3CCn3ccnc32)CC1.O=C(c1nccn1CCc1ccccc1)C1CCNCC1.c1ccc(CCn2ccnc2)cc1.c1ccc2c(c1)CCn1ccnc1C2=C1CCNCC1. The van der Waals surface area contributed by atoms with Gasteiger partial charge in [0.1, 0.15) is 11.6 Å². The van der Waals surface area contributed by atoms with Crippen LogP contribution in [0.5, 0.6) is 0 Å². The van der Waals surface area contributed by atoms with Crippen molar-refractivity contribution in [3.8, 4) is 0 Å². The molecule has 23 heteroatoms. The monoisotopic (exact) mass is 1570 g/mol. The zero-order valence-electron chi connectivity index (χ0n) is 67.0. The molecule has 5 fully saturated rings. The molecule has 0 unspecified atom stereocenters. The zero-order valence-corrected chi connectivity index (χ0v) is 67.8. The standard InChI is InChI=1S/C20H25N3O3.C18H21N3.C17H21N3O.C17H19N3.C11H12N2.C9H14ClNO3/c1-2-26-20(25)23-13-9-17(10-14-23)18(24)19-21-11-15-22(19)12-8-16-6-4-3-5-7-16;1-20-10-6-15(7-11-20)17-16-5-3-2-4-14(16)8-12-21-13-9-19-18(17)21;21-16(15-6-9-18-10-7-15)17-19-11-13-20(17)12-8-14-4-2-1-3-5-14;1-2-4-15-13(3-1)7-11-20-12-10-19-17(20)16(15)14-5-8-18-9-6-14;1-2-4-11(5-3-1)6-8-13-9-7-12-10-13;1-2-14-9(13)11-5-3-7(4-6-11)8(10)12/h3-7,11,15,17H,2,8-10,12-14H2,1H3;2-5,9,13H,6-8,10-12H2,1H3;1-5,11,13,15,18H,6-10,12H2;1-4,10,12,18H,5-9,11H2;1-5,7,9-10H,6,8H2;7H,2-6H2,1H3. The van der Waals surface area contributed by atoms with Gasteiger partial charge in [0.25, 0.3) is 0 Å². The Hall–Kier alpha value is -10.7. The number of piperidine rings is 5. The van der Waals surface area contributed by atoms with Crippen molar-refractivity contribution >= 4 is 51.7 Å². The number of ether oxygens (including phenoxy) is 2. The van der Waals surface area contributed by atoms with Crippen LogP contribution in [0.3, 0.4) is 0 Å². The number of fused-ring (bicyclic) bond motifs is 4. The Morgan fingerprint density at radius 3 is 1.28 bits per heavy atom. The van der Waals surface area contributed by atoms with Crippen molar-refractivity contribution in [3.05, 3.63) is 281 Å². The number of hydrogen-bond acceptors (Lipinski definition) is 15. The first-order valence-electron chi connectivity index (χ1n) is 41.3. The Morgan fingerprint density at radius 1 is 0.426 bits per heavy atom. The van der Waals surface area contributed by atoms with Gasteiger partial charge in [-0.2, -0.15) is 0 Å². The lowest BCUT2D eigenvalue weighted by atomic mass is 9.90. The van der Waals surface area contributed by atoms with E-state index in [2.05, 4.69) is 171 Å². The first kappa shape index (κ1) is 83.8. The molecule has 0 bridgehead atoms. The normalized spacial score (nSPS) is 16.3. The summed E-state index contributed by atoms with van der Waals surface area (Å²) in [6, 6.07) is 48.8. The Kier molecular flexibility index (Phi) is 31.9. The molecule has 10 aromatic rings. The summed E-state index contributed by atoms with van der Waals surface area (Å²) in [6.45, 7) is 17.5. The molecule has 7 aliphatic heterocycles. The van der Waals surface area contributed by atoms with Crippen molar-refractivity contribution < 1.29 is 33.4 Å². The fourth-order valence-electron chi connectivity index (χ4n) is 16.0. The van der Waals surface area contributed by atoms with E-state index in [9.17, 15) is 24.0 Å². The maximum Gasteiger partial charge on any atom is 0.409 e. The van der Waals surface area contributed by atoms with Crippen LogP contribution in [0.15, 0.2) is 219 Å². The summed E-state index contributed by atoms with van der Waals surface area (Å²) in [7, 11) is 2.21. The number of aryl methyl sites for hydroxylation is 10. The molecule has 5 saturated heterocycles. The van der Waals surface area contributed by atoms with E-state index in [0.29, 0.717) is 76.7 Å². The Bertz CT molecular complexity index is 4740. The van der Waals surface area contributed by atoms with Gasteiger partial charge in [0.05, 0.1) is 19.5 Å². The molecule has 0 atom stereocenters. The van der Waals surface area contributed by atoms with Crippen molar-refractivity contribution in [1.82, 2.24) is 73.1 Å². The summed E-state index contributed by atoms with van der Waals surface area (Å²) < 4.78 is 20.5. The van der Waals surface area contributed by atoms with E-state index in [1.54, 1.807) is 47.2 Å². The minimum absolute atomic E-state index is 0.0755. The number of benzene rings is 5. The molecule has 604 valence electrons. The summed E-state index contributed by atoms with van der Waals surface area (Å²) in [4.78, 5) is 87.0. The zero-order chi connectivity index (χ0) is 79.9. The van der Waals surface area contributed by atoms with Crippen molar-refractivity contribution in [2.45, 2.75) is 143 Å². The number of rotatable bonds is 16. The van der Waals surface area contributed by atoms with E-state index in [-0.39, 0.29) is 46.7 Å². The molecule has 5 aromatic carbocycles. The van der Waals surface area contributed by atoms with Gasteiger partial charge in [-0.25, -0.2) is 34.5 Å². The third kappa shape index (κ3) is 23.8. The number of aromatic nitrogens is 10. The van der Waals surface area contributed by atoms with Crippen LogP contribution in [0.4, 0.5) is 9.59 Å². The summed E-state index contributed by atoms with van der Waals surface area (Å²) >= 11 is 5.37. The molecule has 115 heavy (non-hydrogen) atoms. The van der Waals surface area contributed by atoms with Gasteiger partial charge in [0, 0.05) is 163 Å². The Labute approximate surface area is 682 Å². The minimum atomic E-state index is -0.298. The number of carbonyl (C=O) groups is 5. The van der Waals surface area contributed by atoms with Crippen LogP contribution in [-0.2, 0) is 79.1 Å². The lowest BCUT2D eigenvalue weighted by Gasteiger charge is -2.30. The lowest BCUT2D eigenvalue weighted by Crippen LogP contribution is -2.41. The second-order valence-electron chi connectivity index (χ2n) is 30.1. The Morgan fingerprint density at radius 2 is 0.835 bits per heavy atom. The molecular weight excluding hydrogens is 1460 g/mol. The van der Waals surface area contributed by atoms with Crippen LogP contribution in [0.25, 0.3) is 11.1 Å². The van der Waals surface area contributed by atoms with Crippen LogP contribution in [-0.4, -0.2) is 177 Å². The van der Waals surface area contributed by atoms with E-state index < -0.39 is 0 Å². The van der Waals surface area contributed by atoms with E-state index >= 15 is 0 Å². The van der Waals surface area contributed by atoms with Gasteiger partial charge in [0.15, 0.2) is 11.6 Å². The number of carbonyl (C=O) groups excluding carboxylic acids is 5. The van der Waals surface area contributed by atoms with Crippen LogP contribution in [0.2, 0.25) is 0 Å². The van der Waals surface area contributed by atoms with E-state index in [4.69, 9.17) is 21.1 Å². The molecule has 0 radical (unpaired) electrons. The van der Waals surface area contributed by atoms with Gasteiger partial charge in [-0.05, 0) is 194 Å². The number of nitrogens with zero attached hydrogens (tertiary/aromatic N) is 13. The van der Waals surface area contributed by atoms with E-state index in [1.807, 2.05) is 95.1 Å². The topological polar surface area (TPSA) is 227 Å². The third-order valence-electron chi connectivity index (χ3n) is 22.5. The first-order chi connectivity index (χ1) is 56.4. The van der Waals surface area contributed by atoms with Crippen molar-refractivity contribution in [2.75, 3.05) is 85.7 Å². The molecule has 5 aromatic heterocycles. The van der Waals surface area contributed by atoms with Crippen LogP contribution < -0.4 is 10.6 Å². The maximum absolute atomic E-state index is 12.9. The van der Waals surface area contributed by atoms with Crippen molar-refractivity contribution in [3.63, 3.8) is 0 Å². The van der Waals surface area contributed by atoms with Gasteiger partial charge in [-0.3, -0.25) is 14.4 Å². The molecule has 22 nitrogen and oxygen atoms in total. The van der Waals surface area contributed by atoms with Crippen LogP contribution in [0, 0.1) is 17.8 Å². The first-order valence-corrected chi connectivity index (χ1v) is 41.7. The fraction of sp³-hybridized carbons (Fsp3) is 0.413. The van der Waals surface area contributed by atoms with Crippen molar-refractivity contribution in [1.29, 1.82) is 0 Å². The fourth-order valence-corrected chi connectivity index (χ4v) is 16.2. The molecule has 12 heterocycles. The summed E-state index contributed by atoms with van der Waals surface area (Å²) in [5.74, 6) is 3.70. The van der Waals surface area contributed by atoms with Gasteiger partial charge < -0.3 is 57.6 Å². The third-order valence-corrected chi connectivity index (χ3v) is 22.9. The van der Waals surface area contributed by atoms with E-state index in [1.165, 1.54) is 55.9 Å². The number of hydrogen-bond donors (Lipinski definition) is 2. The lowest BCUT2D eigenvalue weighted by molar-refractivity contribution is -0.116. The summed E-state index contributed by atoms with van der Waals surface area (Å²) in [5.41, 5.74) is 15.6. The minimum Gasteiger partial charge on any atom is -0.450 e. The number of likely N-dealkylation sites (tertiary alicyclic amines) is 3. The number of halogens is 1. The highest BCUT2D eigenvalue weighted by Crippen LogP contribution is 2.37. The molecule has 0 spiro atoms. The maximum atomic E-state index is 12.9. The largest absolute Gasteiger partial charge is 0.450 e. The number of ketones is 2.